The van der Waals surface area contributed by atoms with Crippen molar-refractivity contribution in [3.05, 3.63) is 40.5 Å². The van der Waals surface area contributed by atoms with Crippen LogP contribution in [0.2, 0.25) is 0 Å². The molecule has 112 valence electrons. The van der Waals surface area contributed by atoms with Crippen LogP contribution in [0.5, 0.6) is 0 Å². The van der Waals surface area contributed by atoms with E-state index in [1.165, 1.54) is 0 Å². The van der Waals surface area contributed by atoms with Crippen LogP contribution in [-0.2, 0) is 0 Å². The summed E-state index contributed by atoms with van der Waals surface area (Å²) in [6, 6.07) is 0. The zero-order valence-electron chi connectivity index (χ0n) is 9.67. The Morgan fingerprint density at radius 1 is 0.600 bits per heavy atom. The zero-order chi connectivity index (χ0) is 15.4. The first-order valence-corrected chi connectivity index (χ1v) is 4.86. The van der Waals surface area contributed by atoms with Crippen LogP contribution in [0, 0.1) is 40.5 Å². The van der Waals surface area contributed by atoms with E-state index in [9.17, 15) is 40.5 Å². The number of rotatable bonds is 4. The summed E-state index contributed by atoms with van der Waals surface area (Å²) in [5.74, 6) is 0. The van der Waals surface area contributed by atoms with Gasteiger partial charge in [0.05, 0.1) is 0 Å². The molecule has 0 aliphatic carbocycles. The molecular formula is C4H8N8O8. The molecule has 0 N–H and O–H groups in total. The molecule has 0 amide bonds. The molecular weight excluding hydrogens is 288 g/mol. The maximum absolute atomic E-state index is 10.7. The summed E-state index contributed by atoms with van der Waals surface area (Å²) in [7, 11) is 0. The van der Waals surface area contributed by atoms with E-state index in [0.717, 1.165) is 0 Å². The third-order valence-electron chi connectivity index (χ3n) is 2.28. The van der Waals surface area contributed by atoms with Crippen LogP contribution >= 0.6 is 0 Å². The predicted octanol–water partition coefficient (Wildman–Crippen LogP) is -2.20. The van der Waals surface area contributed by atoms with Gasteiger partial charge in [-0.1, -0.05) is 5.01 Å². The van der Waals surface area contributed by atoms with Crippen molar-refractivity contribution >= 4 is 0 Å². The maximum Gasteiger partial charge on any atom is 0.239 e. The molecule has 1 rings (SSSR count). The highest BCUT2D eigenvalue weighted by molar-refractivity contribution is 4.51. The highest BCUT2D eigenvalue weighted by atomic mass is 16.7. The first-order valence-electron chi connectivity index (χ1n) is 4.86. The molecule has 0 unspecified atom stereocenters. The Morgan fingerprint density at radius 3 is 1.50 bits per heavy atom. The van der Waals surface area contributed by atoms with E-state index in [-0.39, 0.29) is 15.2 Å². The van der Waals surface area contributed by atoms with E-state index in [1.807, 2.05) is 0 Å². The van der Waals surface area contributed by atoms with Crippen LogP contribution in [0.25, 0.3) is 0 Å². The summed E-state index contributed by atoms with van der Waals surface area (Å²) >= 11 is 0. The van der Waals surface area contributed by atoms with Gasteiger partial charge in [-0.25, -0.2) is 40.5 Å². The summed E-state index contributed by atoms with van der Waals surface area (Å²) in [5, 5.41) is 38.6. The molecule has 0 aromatic carbocycles. The van der Waals surface area contributed by atoms with Gasteiger partial charge >= 0.3 is 0 Å². The minimum absolute atomic E-state index is 0.0356. The van der Waals surface area contributed by atoms with Gasteiger partial charge in [0.25, 0.3) is 0 Å². The van der Waals surface area contributed by atoms with Gasteiger partial charge in [-0.2, -0.15) is 0 Å². The lowest BCUT2D eigenvalue weighted by Crippen LogP contribution is -2.61. The monoisotopic (exact) mass is 296 g/mol. The summed E-state index contributed by atoms with van der Waals surface area (Å²) in [6.45, 7) is -3.26. The number of hydrogen-bond acceptors (Lipinski definition) is 8. The van der Waals surface area contributed by atoms with Crippen molar-refractivity contribution in [1.82, 2.24) is 20.3 Å². The van der Waals surface area contributed by atoms with Crippen molar-refractivity contribution in [3.63, 3.8) is 0 Å². The van der Waals surface area contributed by atoms with Crippen molar-refractivity contribution < 1.29 is 20.1 Å². The average molecular weight is 296 g/mol. The maximum atomic E-state index is 10.7. The van der Waals surface area contributed by atoms with E-state index in [0.29, 0.717) is 5.01 Å². The van der Waals surface area contributed by atoms with Gasteiger partial charge in [0.1, 0.15) is 13.1 Å². The molecule has 1 saturated heterocycles. The minimum atomic E-state index is -1.21. The molecule has 20 heavy (non-hydrogen) atoms. The number of hydrogen-bond donors (Lipinski definition) is 0. The average Bonchev–Trinajstić information content (AvgIpc) is 2.26. The molecule has 0 aromatic heterocycles. The Morgan fingerprint density at radius 2 is 1.10 bits per heavy atom. The zero-order valence-corrected chi connectivity index (χ0v) is 9.67. The molecule has 1 aliphatic rings. The Hall–Kier alpha value is -3.20. The normalized spacial score (nSPS) is 16.4. The van der Waals surface area contributed by atoms with Crippen molar-refractivity contribution in [2.24, 2.45) is 0 Å². The van der Waals surface area contributed by atoms with Crippen LogP contribution in [0.3, 0.4) is 0 Å². The van der Waals surface area contributed by atoms with Gasteiger partial charge in [-0.15, -0.1) is 5.01 Å². The van der Waals surface area contributed by atoms with E-state index >= 15 is 0 Å². The van der Waals surface area contributed by atoms with E-state index in [2.05, 4.69) is 0 Å². The smallest absolute Gasteiger partial charge is 0.235 e. The second kappa shape index (κ2) is 5.63. The van der Waals surface area contributed by atoms with E-state index in [1.54, 1.807) is 0 Å². The Balaban J connectivity index is 3.06. The van der Waals surface area contributed by atoms with Crippen LogP contribution < -0.4 is 0 Å². The van der Waals surface area contributed by atoms with E-state index in [4.69, 9.17) is 0 Å². The SMILES string of the molecule is O=[N+]([O-])N1CCN([N+](=O)[O-])N([N+](=O)[O-])CN([N+](=O)[O-])C1. The molecule has 16 nitrogen and oxygen atoms in total. The van der Waals surface area contributed by atoms with Gasteiger partial charge in [-0.3, -0.25) is 0 Å². The highest BCUT2D eigenvalue weighted by Crippen LogP contribution is 2.08. The van der Waals surface area contributed by atoms with Crippen molar-refractivity contribution in [3.8, 4) is 0 Å². The second-order valence-corrected chi connectivity index (χ2v) is 3.44. The van der Waals surface area contributed by atoms with Crippen molar-refractivity contribution in [1.29, 1.82) is 0 Å². The van der Waals surface area contributed by atoms with Gasteiger partial charge < -0.3 is 0 Å². The summed E-state index contributed by atoms with van der Waals surface area (Å²) in [4.78, 5) is 42.7. The lowest BCUT2D eigenvalue weighted by molar-refractivity contribution is -0.848. The summed E-state index contributed by atoms with van der Waals surface area (Å²) < 4.78 is 0. The summed E-state index contributed by atoms with van der Waals surface area (Å²) in [6.07, 6.45) is 0. The number of nitrogens with zero attached hydrogens (tertiary/aromatic N) is 8. The molecule has 0 atom stereocenters. The topological polar surface area (TPSA) is 186 Å². The fourth-order valence-corrected chi connectivity index (χ4v) is 1.38. The van der Waals surface area contributed by atoms with Gasteiger partial charge in [0, 0.05) is 10.2 Å². The molecule has 16 heteroatoms. The molecule has 0 spiro atoms. The van der Waals surface area contributed by atoms with Crippen molar-refractivity contribution in [2.75, 3.05) is 26.4 Å². The van der Waals surface area contributed by atoms with Crippen molar-refractivity contribution in [2.45, 2.75) is 0 Å². The van der Waals surface area contributed by atoms with Gasteiger partial charge in [-0.05, 0) is 0 Å². The quantitative estimate of drug-likeness (QED) is 0.403. The third-order valence-corrected chi connectivity index (χ3v) is 2.28. The Kier molecular flexibility index (Phi) is 4.18. The Labute approximate surface area is 108 Å². The number of nitro groups is 4. The molecule has 1 aliphatic heterocycles. The fourth-order valence-electron chi connectivity index (χ4n) is 1.38. The molecule has 0 saturated carbocycles. The van der Waals surface area contributed by atoms with Gasteiger partial charge in [0.15, 0.2) is 20.1 Å². The number of hydrazine groups is 5. The van der Waals surface area contributed by atoms with Crippen LogP contribution in [0.4, 0.5) is 0 Å². The first kappa shape index (κ1) is 14.9. The highest BCUT2D eigenvalue weighted by Gasteiger charge is 2.42. The third kappa shape index (κ3) is 3.17. The summed E-state index contributed by atoms with van der Waals surface area (Å²) in [5.41, 5.74) is 0. The fraction of sp³-hybridized carbons (Fsp3) is 1.00. The second-order valence-electron chi connectivity index (χ2n) is 3.44. The standard InChI is InChI=1S/C4H8N8O8/c13-9(14)5-1-2-7(11(17)18)8(12(19)20)4-6(3-5)10(15)16/h1-4H2. The van der Waals surface area contributed by atoms with Gasteiger partial charge in [0.2, 0.25) is 13.3 Å². The molecule has 0 bridgehead atoms. The van der Waals surface area contributed by atoms with Crippen LogP contribution in [-0.4, -0.2) is 66.8 Å². The lowest BCUT2D eigenvalue weighted by atomic mass is 10.6. The Bertz CT molecular complexity index is 440. The molecule has 1 fully saturated rings. The molecule has 1 heterocycles. The van der Waals surface area contributed by atoms with Crippen LogP contribution in [0.15, 0.2) is 0 Å². The molecule has 0 aromatic rings. The molecule has 0 radical (unpaired) electrons. The minimum Gasteiger partial charge on any atom is -0.235 e. The lowest BCUT2D eigenvalue weighted by Gasteiger charge is -2.27. The first-order chi connectivity index (χ1) is 9.23. The largest absolute Gasteiger partial charge is 0.239 e. The predicted molar refractivity (Wildman–Crippen MR) is 54.8 cm³/mol. The van der Waals surface area contributed by atoms with Crippen LogP contribution in [0.1, 0.15) is 0 Å². The van der Waals surface area contributed by atoms with E-state index < -0.39 is 46.6 Å².